The molecule has 4 aromatic rings. The summed E-state index contributed by atoms with van der Waals surface area (Å²) in [5.74, 6) is -1.73. The zero-order valence-electron chi connectivity index (χ0n) is 19.5. The minimum Gasteiger partial charge on any atom is -0.435 e. The molecule has 0 aliphatic carbocycles. The summed E-state index contributed by atoms with van der Waals surface area (Å²) in [5, 5.41) is 4.97. The number of halogens is 3. The van der Waals surface area contributed by atoms with E-state index in [0.717, 1.165) is 12.1 Å². The molecule has 0 saturated heterocycles. The van der Waals surface area contributed by atoms with Gasteiger partial charge in [-0.15, -0.1) is 0 Å². The van der Waals surface area contributed by atoms with Crippen molar-refractivity contribution < 1.29 is 18.3 Å². The molecule has 0 unspecified atom stereocenters. The second kappa shape index (κ2) is 10.3. The summed E-state index contributed by atoms with van der Waals surface area (Å²) >= 11 is 6.29. The number of aryl methyl sites for hydroxylation is 1. The molecule has 3 aromatic carbocycles. The maximum atomic E-state index is 14.5. The molecule has 0 fully saturated rings. The van der Waals surface area contributed by atoms with E-state index in [-0.39, 0.29) is 30.1 Å². The predicted octanol–water partition coefficient (Wildman–Crippen LogP) is 6.96. The second-order valence-electron chi connectivity index (χ2n) is 8.30. The smallest absolute Gasteiger partial charge is 0.255 e. The fraction of sp³-hybridized carbons (Fsp3) is 0.185. The SMILES string of the molecule is Cc1nn(-c2ccccc2)c(Oc2ccc(F)cc2F)c1CN(C(=O)c1ccccc1Cl)C(C)C. The Kier molecular flexibility index (Phi) is 7.17. The molecule has 0 spiro atoms. The van der Waals surface area contributed by atoms with Gasteiger partial charge in [0.1, 0.15) is 5.82 Å². The van der Waals surface area contributed by atoms with Gasteiger partial charge in [-0.25, -0.2) is 13.5 Å². The third kappa shape index (κ3) is 5.20. The lowest BCUT2D eigenvalue weighted by Gasteiger charge is -2.27. The van der Waals surface area contributed by atoms with E-state index < -0.39 is 11.6 Å². The number of amides is 1. The van der Waals surface area contributed by atoms with Crippen LogP contribution in [0.15, 0.2) is 72.8 Å². The zero-order valence-corrected chi connectivity index (χ0v) is 20.3. The van der Waals surface area contributed by atoms with Gasteiger partial charge in [-0.05, 0) is 57.2 Å². The number of aromatic nitrogens is 2. The van der Waals surface area contributed by atoms with Gasteiger partial charge in [-0.3, -0.25) is 4.79 Å². The van der Waals surface area contributed by atoms with Crippen molar-refractivity contribution >= 4 is 17.5 Å². The minimum absolute atomic E-state index is 0.137. The molecule has 0 radical (unpaired) electrons. The van der Waals surface area contributed by atoms with Gasteiger partial charge in [-0.2, -0.15) is 5.10 Å². The average molecular weight is 496 g/mol. The first-order valence-corrected chi connectivity index (χ1v) is 11.5. The Bertz CT molecular complexity index is 1360. The summed E-state index contributed by atoms with van der Waals surface area (Å²) in [5.41, 5.74) is 2.26. The van der Waals surface area contributed by atoms with Gasteiger partial charge in [0.2, 0.25) is 5.88 Å². The number of benzene rings is 3. The highest BCUT2D eigenvalue weighted by Crippen LogP contribution is 2.34. The van der Waals surface area contributed by atoms with E-state index >= 15 is 0 Å². The fourth-order valence-corrected chi connectivity index (χ4v) is 3.90. The zero-order chi connectivity index (χ0) is 25.1. The maximum absolute atomic E-state index is 14.5. The van der Waals surface area contributed by atoms with E-state index in [9.17, 15) is 13.6 Å². The van der Waals surface area contributed by atoms with Crippen molar-refractivity contribution in [3.63, 3.8) is 0 Å². The number of para-hydroxylation sites is 1. The molecule has 0 N–H and O–H groups in total. The topological polar surface area (TPSA) is 47.4 Å². The molecule has 1 amide bonds. The number of carbonyl (C=O) groups excluding carboxylic acids is 1. The van der Waals surface area contributed by atoms with Crippen LogP contribution in [0.4, 0.5) is 8.78 Å². The van der Waals surface area contributed by atoms with Crippen molar-refractivity contribution in [2.45, 2.75) is 33.4 Å². The lowest BCUT2D eigenvalue weighted by Crippen LogP contribution is -2.36. The van der Waals surface area contributed by atoms with E-state index in [1.54, 1.807) is 40.8 Å². The maximum Gasteiger partial charge on any atom is 0.255 e. The lowest BCUT2D eigenvalue weighted by atomic mass is 10.1. The first-order valence-electron chi connectivity index (χ1n) is 11.1. The van der Waals surface area contributed by atoms with Gasteiger partial charge in [0, 0.05) is 12.1 Å². The summed E-state index contributed by atoms with van der Waals surface area (Å²) in [7, 11) is 0. The number of hydrogen-bond acceptors (Lipinski definition) is 3. The number of hydrogen-bond donors (Lipinski definition) is 0. The first kappa shape index (κ1) is 24.4. The summed E-state index contributed by atoms with van der Waals surface area (Å²) in [6, 6.07) is 19.0. The normalized spacial score (nSPS) is 11.1. The van der Waals surface area contributed by atoms with Crippen LogP contribution in [0.2, 0.25) is 5.02 Å². The number of rotatable bonds is 7. The van der Waals surface area contributed by atoms with Crippen LogP contribution in [0.5, 0.6) is 11.6 Å². The van der Waals surface area contributed by atoms with Gasteiger partial charge in [-0.1, -0.05) is 41.9 Å². The van der Waals surface area contributed by atoms with Crippen LogP contribution in [0.1, 0.15) is 35.5 Å². The molecule has 1 aromatic heterocycles. The molecule has 4 rings (SSSR count). The molecule has 35 heavy (non-hydrogen) atoms. The molecule has 0 bridgehead atoms. The van der Waals surface area contributed by atoms with Crippen molar-refractivity contribution in [3.05, 3.63) is 106 Å². The molecule has 180 valence electrons. The summed E-state index contributed by atoms with van der Waals surface area (Å²) in [6.45, 7) is 5.72. The standard InChI is InChI=1S/C27H24ClF2N3O2/c1-17(2)32(26(34)21-11-7-8-12-23(21)28)16-22-18(3)31-33(20-9-5-4-6-10-20)27(22)35-25-14-13-19(29)15-24(25)30/h4-15,17H,16H2,1-3H3. The van der Waals surface area contributed by atoms with Gasteiger partial charge in [0.25, 0.3) is 5.91 Å². The van der Waals surface area contributed by atoms with Crippen molar-refractivity contribution in [2.24, 2.45) is 0 Å². The van der Waals surface area contributed by atoms with Crippen molar-refractivity contribution in [1.29, 1.82) is 0 Å². The van der Waals surface area contributed by atoms with E-state index in [4.69, 9.17) is 16.3 Å². The Hall–Kier alpha value is -3.71. The van der Waals surface area contributed by atoms with Crippen LogP contribution < -0.4 is 4.74 Å². The first-order chi connectivity index (χ1) is 16.8. The van der Waals surface area contributed by atoms with Gasteiger partial charge in [0.15, 0.2) is 11.6 Å². The summed E-state index contributed by atoms with van der Waals surface area (Å²) < 4.78 is 35.5. The molecule has 1 heterocycles. The Morgan fingerprint density at radius 3 is 2.40 bits per heavy atom. The average Bonchev–Trinajstić information content (AvgIpc) is 3.14. The largest absolute Gasteiger partial charge is 0.435 e. The van der Waals surface area contributed by atoms with Gasteiger partial charge >= 0.3 is 0 Å². The third-order valence-corrected chi connectivity index (χ3v) is 5.89. The quantitative estimate of drug-likeness (QED) is 0.278. The number of nitrogens with zero attached hydrogens (tertiary/aromatic N) is 3. The minimum atomic E-state index is -0.845. The van der Waals surface area contributed by atoms with Crippen LogP contribution in [0.25, 0.3) is 5.69 Å². The molecule has 0 aliphatic rings. The molecular weight excluding hydrogens is 472 g/mol. The molecule has 0 aliphatic heterocycles. The Morgan fingerprint density at radius 1 is 1.06 bits per heavy atom. The number of ether oxygens (including phenoxy) is 1. The van der Waals surface area contributed by atoms with Crippen LogP contribution in [0.3, 0.4) is 0 Å². The monoisotopic (exact) mass is 495 g/mol. The predicted molar refractivity (Wildman–Crippen MR) is 131 cm³/mol. The Balaban J connectivity index is 1.80. The van der Waals surface area contributed by atoms with E-state index in [1.807, 2.05) is 44.2 Å². The third-order valence-electron chi connectivity index (χ3n) is 5.56. The van der Waals surface area contributed by atoms with Crippen LogP contribution in [0, 0.1) is 18.6 Å². The fourth-order valence-electron chi connectivity index (χ4n) is 3.68. The summed E-state index contributed by atoms with van der Waals surface area (Å²) in [4.78, 5) is 15.1. The Labute approximate surface area is 207 Å². The van der Waals surface area contributed by atoms with Crippen molar-refractivity contribution in [1.82, 2.24) is 14.7 Å². The molecule has 8 heteroatoms. The van der Waals surface area contributed by atoms with E-state index in [0.29, 0.717) is 27.5 Å². The number of carbonyl (C=O) groups is 1. The summed E-state index contributed by atoms with van der Waals surface area (Å²) in [6.07, 6.45) is 0. The second-order valence-corrected chi connectivity index (χ2v) is 8.71. The van der Waals surface area contributed by atoms with Crippen LogP contribution in [-0.4, -0.2) is 26.6 Å². The van der Waals surface area contributed by atoms with Gasteiger partial charge < -0.3 is 9.64 Å². The highest BCUT2D eigenvalue weighted by molar-refractivity contribution is 6.33. The van der Waals surface area contributed by atoms with E-state index in [1.165, 1.54) is 6.07 Å². The highest BCUT2D eigenvalue weighted by atomic mass is 35.5. The highest BCUT2D eigenvalue weighted by Gasteiger charge is 2.27. The lowest BCUT2D eigenvalue weighted by molar-refractivity contribution is 0.0689. The molecule has 0 atom stereocenters. The van der Waals surface area contributed by atoms with E-state index in [2.05, 4.69) is 5.10 Å². The Morgan fingerprint density at radius 2 is 1.74 bits per heavy atom. The van der Waals surface area contributed by atoms with Crippen LogP contribution >= 0.6 is 11.6 Å². The van der Waals surface area contributed by atoms with Crippen molar-refractivity contribution in [3.8, 4) is 17.3 Å². The van der Waals surface area contributed by atoms with Crippen molar-refractivity contribution in [2.75, 3.05) is 0 Å². The van der Waals surface area contributed by atoms with Gasteiger partial charge in [0.05, 0.1) is 34.1 Å². The van der Waals surface area contributed by atoms with Crippen LogP contribution in [-0.2, 0) is 6.54 Å². The molecular formula is C27H24ClF2N3O2. The molecule has 5 nitrogen and oxygen atoms in total. The molecule has 0 saturated carbocycles.